The summed E-state index contributed by atoms with van der Waals surface area (Å²) in [7, 11) is 3.31. The molecule has 0 unspecified atom stereocenters. The number of ether oxygens (including phenoxy) is 3. The summed E-state index contributed by atoms with van der Waals surface area (Å²) < 4.78 is 16.3. The minimum Gasteiger partial charge on any atom is -0.383 e. The lowest BCUT2D eigenvalue weighted by atomic mass is 10.00. The van der Waals surface area contributed by atoms with Crippen molar-refractivity contribution in [3.05, 3.63) is 40.4 Å². The van der Waals surface area contributed by atoms with Crippen LogP contribution in [0.3, 0.4) is 0 Å². The van der Waals surface area contributed by atoms with E-state index in [1.54, 1.807) is 25.7 Å². The molecule has 38 heavy (non-hydrogen) atoms. The SMILES string of the molecule is COC[C@H](C)NC(=O)c1cc(CN2CCOCC2(C)C)ccc1NC(=O)c1csc(N2CC[C@H](OC)C2)n1. The van der Waals surface area contributed by atoms with Crippen LogP contribution in [-0.4, -0.2) is 93.1 Å². The van der Waals surface area contributed by atoms with E-state index in [1.807, 2.05) is 19.1 Å². The Kier molecular flexibility index (Phi) is 9.37. The predicted molar refractivity (Wildman–Crippen MR) is 148 cm³/mol. The number of benzene rings is 1. The Balaban J connectivity index is 1.53. The van der Waals surface area contributed by atoms with Crippen LogP contribution < -0.4 is 15.5 Å². The Labute approximate surface area is 228 Å². The van der Waals surface area contributed by atoms with Crippen LogP contribution in [0.1, 0.15) is 53.6 Å². The van der Waals surface area contributed by atoms with Crippen molar-refractivity contribution < 1.29 is 23.8 Å². The summed E-state index contributed by atoms with van der Waals surface area (Å²) in [6, 6.07) is 5.43. The van der Waals surface area contributed by atoms with E-state index in [4.69, 9.17) is 14.2 Å². The number of hydrogen-bond donors (Lipinski definition) is 2. The summed E-state index contributed by atoms with van der Waals surface area (Å²) in [6.45, 7) is 11.0. The minimum absolute atomic E-state index is 0.110. The van der Waals surface area contributed by atoms with Crippen molar-refractivity contribution in [2.24, 2.45) is 0 Å². The average Bonchev–Trinajstić information content (AvgIpc) is 3.56. The smallest absolute Gasteiger partial charge is 0.275 e. The van der Waals surface area contributed by atoms with Gasteiger partial charge in [-0.3, -0.25) is 14.5 Å². The van der Waals surface area contributed by atoms with E-state index in [0.29, 0.717) is 43.3 Å². The van der Waals surface area contributed by atoms with Crippen molar-refractivity contribution in [3.63, 3.8) is 0 Å². The largest absolute Gasteiger partial charge is 0.383 e. The van der Waals surface area contributed by atoms with E-state index in [1.165, 1.54) is 11.3 Å². The molecule has 3 heterocycles. The molecule has 2 N–H and O–H groups in total. The zero-order valence-corrected chi connectivity index (χ0v) is 23.7. The number of carbonyl (C=O) groups is 2. The number of hydrogen-bond acceptors (Lipinski definition) is 9. The van der Waals surface area contributed by atoms with Gasteiger partial charge in [0, 0.05) is 57.4 Å². The molecule has 1 aromatic carbocycles. The molecule has 2 saturated heterocycles. The maximum atomic E-state index is 13.3. The Morgan fingerprint density at radius 3 is 2.79 bits per heavy atom. The first-order valence-corrected chi connectivity index (χ1v) is 13.9. The first-order valence-electron chi connectivity index (χ1n) is 13.0. The highest BCUT2D eigenvalue weighted by molar-refractivity contribution is 7.14. The highest BCUT2D eigenvalue weighted by atomic mass is 32.1. The van der Waals surface area contributed by atoms with Crippen molar-refractivity contribution in [2.45, 2.75) is 51.4 Å². The molecule has 2 fully saturated rings. The number of morpholine rings is 1. The number of carbonyl (C=O) groups excluding carboxylic acids is 2. The fourth-order valence-corrected chi connectivity index (χ4v) is 5.62. The predicted octanol–water partition coefficient (Wildman–Crippen LogP) is 3.00. The van der Waals surface area contributed by atoms with Crippen LogP contribution >= 0.6 is 11.3 Å². The van der Waals surface area contributed by atoms with Gasteiger partial charge in [-0.25, -0.2) is 4.98 Å². The third kappa shape index (κ3) is 6.89. The molecule has 2 atom stereocenters. The standard InChI is InChI=1S/C27H39N5O5S/c1-18(15-35-4)28-24(33)21-12-19(13-32-10-11-37-17-27(32,2)3)6-7-22(21)29-25(34)23-16-38-26(30-23)31-9-8-20(14-31)36-5/h6-7,12,16,18,20H,8-11,13-15,17H2,1-5H3,(H,28,33)(H,29,34)/t18-,20-/m0/s1. The normalized spacial score (nSPS) is 20.3. The highest BCUT2D eigenvalue weighted by Crippen LogP contribution is 2.27. The van der Waals surface area contributed by atoms with E-state index in [2.05, 4.69) is 39.3 Å². The van der Waals surface area contributed by atoms with Crippen molar-refractivity contribution >= 4 is 34.0 Å². The van der Waals surface area contributed by atoms with Gasteiger partial charge in [-0.15, -0.1) is 11.3 Å². The third-order valence-electron chi connectivity index (χ3n) is 7.03. The zero-order valence-electron chi connectivity index (χ0n) is 22.9. The van der Waals surface area contributed by atoms with E-state index in [9.17, 15) is 9.59 Å². The molecule has 4 rings (SSSR count). The molecule has 0 spiro atoms. The van der Waals surface area contributed by atoms with E-state index < -0.39 is 0 Å². The van der Waals surface area contributed by atoms with Gasteiger partial charge in [0.2, 0.25) is 0 Å². The van der Waals surface area contributed by atoms with Gasteiger partial charge in [0.1, 0.15) is 5.69 Å². The highest BCUT2D eigenvalue weighted by Gasteiger charge is 2.31. The van der Waals surface area contributed by atoms with E-state index in [-0.39, 0.29) is 29.5 Å². The molecule has 1 aromatic heterocycles. The zero-order chi connectivity index (χ0) is 27.3. The molecule has 2 aliphatic heterocycles. The lowest BCUT2D eigenvalue weighted by Gasteiger charge is -2.42. The number of aromatic nitrogens is 1. The molecule has 0 bridgehead atoms. The molecule has 208 valence electrons. The Morgan fingerprint density at radius 1 is 1.26 bits per heavy atom. The van der Waals surface area contributed by atoms with Gasteiger partial charge in [-0.05, 0) is 44.9 Å². The fraction of sp³-hybridized carbons (Fsp3) is 0.593. The molecule has 0 radical (unpaired) electrons. The van der Waals surface area contributed by atoms with Crippen LogP contribution in [0.25, 0.3) is 0 Å². The molecular weight excluding hydrogens is 506 g/mol. The van der Waals surface area contributed by atoms with Crippen molar-refractivity contribution in [1.82, 2.24) is 15.2 Å². The summed E-state index contributed by atoms with van der Waals surface area (Å²) in [4.78, 5) is 35.5. The number of thiazole rings is 1. The van der Waals surface area contributed by atoms with Crippen LogP contribution in [-0.2, 0) is 20.8 Å². The number of nitrogens with one attached hydrogen (secondary N) is 2. The number of amides is 2. The Hall–Kier alpha value is -2.57. The third-order valence-corrected chi connectivity index (χ3v) is 7.94. The second-order valence-corrected chi connectivity index (χ2v) is 11.4. The quantitative estimate of drug-likeness (QED) is 0.470. The Morgan fingerprint density at radius 2 is 2.08 bits per heavy atom. The van der Waals surface area contributed by atoms with Crippen LogP contribution in [0.5, 0.6) is 0 Å². The first-order chi connectivity index (χ1) is 18.2. The fourth-order valence-electron chi connectivity index (χ4n) is 4.78. The van der Waals surface area contributed by atoms with Gasteiger partial charge in [-0.2, -0.15) is 0 Å². The molecule has 10 nitrogen and oxygen atoms in total. The summed E-state index contributed by atoms with van der Waals surface area (Å²) >= 11 is 1.43. The molecule has 2 aliphatic rings. The summed E-state index contributed by atoms with van der Waals surface area (Å²) in [5.41, 5.74) is 2.05. The molecule has 2 amide bonds. The van der Waals surface area contributed by atoms with Crippen molar-refractivity contribution in [3.8, 4) is 0 Å². The molecule has 2 aromatic rings. The van der Waals surface area contributed by atoms with Gasteiger partial charge >= 0.3 is 0 Å². The molecule has 11 heteroatoms. The van der Waals surface area contributed by atoms with Crippen LogP contribution in [0.2, 0.25) is 0 Å². The lowest BCUT2D eigenvalue weighted by Crippen LogP contribution is -2.52. The topological polar surface area (TPSA) is 105 Å². The van der Waals surface area contributed by atoms with Gasteiger partial charge in [0.15, 0.2) is 5.13 Å². The number of nitrogens with zero attached hydrogens (tertiary/aromatic N) is 3. The second kappa shape index (κ2) is 12.5. The van der Waals surface area contributed by atoms with Gasteiger partial charge in [0.05, 0.1) is 37.2 Å². The van der Waals surface area contributed by atoms with E-state index >= 15 is 0 Å². The summed E-state index contributed by atoms with van der Waals surface area (Å²) in [5.74, 6) is -0.620. The minimum atomic E-state index is -0.351. The second-order valence-electron chi connectivity index (χ2n) is 10.6. The van der Waals surface area contributed by atoms with Crippen LogP contribution in [0.4, 0.5) is 10.8 Å². The first kappa shape index (κ1) is 28.4. The van der Waals surface area contributed by atoms with Crippen molar-refractivity contribution in [1.29, 1.82) is 0 Å². The lowest BCUT2D eigenvalue weighted by molar-refractivity contribution is -0.0552. The molecule has 0 saturated carbocycles. The average molecular weight is 546 g/mol. The van der Waals surface area contributed by atoms with Gasteiger partial charge in [-0.1, -0.05) is 6.07 Å². The van der Waals surface area contributed by atoms with Crippen molar-refractivity contribution in [2.75, 3.05) is 63.9 Å². The summed E-state index contributed by atoms with van der Waals surface area (Å²) in [6.07, 6.45) is 1.12. The maximum absolute atomic E-state index is 13.3. The monoisotopic (exact) mass is 545 g/mol. The molecular formula is C27H39N5O5S. The van der Waals surface area contributed by atoms with Crippen LogP contribution in [0.15, 0.2) is 23.6 Å². The number of rotatable bonds is 10. The van der Waals surface area contributed by atoms with Crippen LogP contribution in [0, 0.1) is 0 Å². The van der Waals surface area contributed by atoms with E-state index in [0.717, 1.165) is 36.8 Å². The number of methoxy groups -OCH3 is 2. The van der Waals surface area contributed by atoms with Gasteiger partial charge in [0.25, 0.3) is 11.8 Å². The summed E-state index contributed by atoms with van der Waals surface area (Å²) in [5, 5.41) is 8.43. The number of anilines is 2. The van der Waals surface area contributed by atoms with Gasteiger partial charge < -0.3 is 29.7 Å². The Bertz CT molecular complexity index is 1120. The molecule has 0 aliphatic carbocycles. The maximum Gasteiger partial charge on any atom is 0.275 e.